The predicted octanol–water partition coefficient (Wildman–Crippen LogP) is 1.77. The summed E-state index contributed by atoms with van der Waals surface area (Å²) in [6, 6.07) is 0. The van der Waals surface area contributed by atoms with Crippen molar-refractivity contribution < 1.29 is 40.6 Å². The maximum absolute atomic E-state index is 12.3. The number of hydrogen-bond donors (Lipinski definition) is 1. The maximum Gasteiger partial charge on any atom is 0.460 e. The molecule has 0 aromatic heterocycles. The molecule has 0 unspecified atom stereocenters. The maximum atomic E-state index is 12.3. The molecule has 0 fully saturated rings. The van der Waals surface area contributed by atoms with Gasteiger partial charge >= 0.3 is 18.0 Å². The van der Waals surface area contributed by atoms with Crippen molar-refractivity contribution in [2.24, 2.45) is 0 Å². The molecule has 2 nitrogen and oxygen atoms in total. The second-order valence-corrected chi connectivity index (χ2v) is 2.54. The molecule has 0 bridgehead atoms. The van der Waals surface area contributed by atoms with Crippen LogP contribution in [0.15, 0.2) is 0 Å². The number of aliphatic hydroxyl groups is 1. The zero-order valence-electron chi connectivity index (χ0n) is 6.92. The van der Waals surface area contributed by atoms with Crippen molar-refractivity contribution in [3.63, 3.8) is 0 Å². The third kappa shape index (κ3) is 2.39. The highest BCUT2D eigenvalue weighted by atomic mass is 19.4. The van der Waals surface area contributed by atoms with E-state index in [9.17, 15) is 35.5 Å². The summed E-state index contributed by atoms with van der Waals surface area (Å²) in [4.78, 5) is 10.3. The van der Waals surface area contributed by atoms with E-state index in [0.717, 1.165) is 0 Å². The van der Waals surface area contributed by atoms with E-state index in [1.165, 1.54) is 0 Å². The second kappa shape index (κ2) is 3.95. The third-order valence-electron chi connectivity index (χ3n) is 1.44. The van der Waals surface area contributed by atoms with Gasteiger partial charge in [-0.25, -0.2) is 0 Å². The summed E-state index contributed by atoms with van der Waals surface area (Å²) in [6.07, 6.45) is -8.00. The van der Waals surface area contributed by atoms with Crippen LogP contribution in [0, 0.1) is 0 Å². The van der Waals surface area contributed by atoms with Crippen LogP contribution in [0.4, 0.5) is 30.7 Å². The minimum Gasteiger partial charge on any atom is -0.396 e. The summed E-state index contributed by atoms with van der Waals surface area (Å²) in [6.45, 7) is -1.23. The fourth-order valence-corrected chi connectivity index (χ4v) is 0.612. The van der Waals surface area contributed by atoms with Gasteiger partial charge in [-0.2, -0.15) is 30.7 Å². The van der Waals surface area contributed by atoms with Crippen molar-refractivity contribution in [1.29, 1.82) is 0 Å². The number of carbonyl (C=O) groups is 1. The number of Topliss-reactive ketones (excluding diaryl/α,β-unsaturated/α-hetero) is 1. The molecule has 0 atom stereocenters. The molecule has 0 aliphatic rings. The highest BCUT2D eigenvalue weighted by molar-refractivity contribution is 5.86. The molecule has 0 amide bonds. The summed E-state index contributed by atoms with van der Waals surface area (Å²) in [5.41, 5.74) is 0. The van der Waals surface area contributed by atoms with Crippen molar-refractivity contribution in [1.82, 2.24) is 0 Å². The Labute approximate surface area is 78.7 Å². The van der Waals surface area contributed by atoms with Crippen LogP contribution in [0.25, 0.3) is 0 Å². The number of halogens is 7. The van der Waals surface area contributed by atoms with Gasteiger partial charge < -0.3 is 5.11 Å². The van der Waals surface area contributed by atoms with Gasteiger partial charge in [-0.3, -0.25) is 4.79 Å². The molecule has 1 N–H and O–H groups in total. The Morgan fingerprint density at radius 3 is 1.67 bits per heavy atom. The molecule has 0 radical (unpaired) electrons. The van der Waals surface area contributed by atoms with E-state index in [2.05, 4.69) is 0 Å². The van der Waals surface area contributed by atoms with E-state index in [-0.39, 0.29) is 0 Å². The minimum absolute atomic E-state index is 1.23. The normalized spacial score (nSPS) is 14.1. The number of alkyl halides is 7. The minimum atomic E-state index is -6.53. The van der Waals surface area contributed by atoms with Crippen LogP contribution >= 0.6 is 0 Å². The Morgan fingerprint density at radius 1 is 1.00 bits per heavy atom. The highest BCUT2D eigenvalue weighted by Gasteiger charge is 2.75. The van der Waals surface area contributed by atoms with Crippen LogP contribution in [-0.2, 0) is 4.79 Å². The van der Waals surface area contributed by atoms with Gasteiger partial charge in [-0.15, -0.1) is 0 Å². The first-order chi connectivity index (χ1) is 6.48. The van der Waals surface area contributed by atoms with Crippen molar-refractivity contribution in [3.05, 3.63) is 0 Å². The van der Waals surface area contributed by atoms with Crippen LogP contribution in [0.1, 0.15) is 6.42 Å². The van der Waals surface area contributed by atoms with Crippen LogP contribution in [0.3, 0.4) is 0 Å². The topological polar surface area (TPSA) is 37.3 Å². The number of hydrogen-bond acceptors (Lipinski definition) is 2. The lowest BCUT2D eigenvalue weighted by molar-refractivity contribution is -0.343. The molecule has 0 aliphatic heterocycles. The molecular formula is C6H5F7O2. The molecule has 0 heterocycles. The Kier molecular flexibility index (Phi) is 3.72. The van der Waals surface area contributed by atoms with Crippen molar-refractivity contribution in [2.45, 2.75) is 24.4 Å². The number of aliphatic hydroxyl groups excluding tert-OH is 1. The lowest BCUT2D eigenvalue weighted by Crippen LogP contribution is -2.56. The quantitative estimate of drug-likeness (QED) is 0.763. The van der Waals surface area contributed by atoms with E-state index in [0.29, 0.717) is 0 Å². The third-order valence-corrected chi connectivity index (χ3v) is 1.44. The first kappa shape index (κ1) is 14.1. The summed E-state index contributed by atoms with van der Waals surface area (Å²) in [5.74, 6) is -15.0. The first-order valence-corrected chi connectivity index (χ1v) is 3.45. The van der Waals surface area contributed by atoms with Crippen LogP contribution < -0.4 is 0 Å². The Balaban J connectivity index is 5.10. The molecule has 0 rings (SSSR count). The standard InChI is InChI=1S/C6H5F7O2/c7-4(8,3(15)1-2-14)5(9,10)6(11,12)13/h14H,1-2H2. The number of rotatable bonds is 4. The monoisotopic (exact) mass is 242 g/mol. The summed E-state index contributed by atoms with van der Waals surface area (Å²) in [5, 5.41) is 7.99. The fourth-order valence-electron chi connectivity index (χ4n) is 0.612. The number of carbonyl (C=O) groups excluding carboxylic acids is 1. The van der Waals surface area contributed by atoms with Gasteiger partial charge in [0.25, 0.3) is 0 Å². The Bertz CT molecular complexity index is 244. The van der Waals surface area contributed by atoms with E-state index in [4.69, 9.17) is 5.11 Å². The molecule has 9 heteroatoms. The first-order valence-electron chi connectivity index (χ1n) is 3.45. The van der Waals surface area contributed by atoms with Gasteiger partial charge in [0, 0.05) is 6.42 Å². The van der Waals surface area contributed by atoms with Gasteiger partial charge in [0.15, 0.2) is 0 Å². The van der Waals surface area contributed by atoms with Gasteiger partial charge in [0.2, 0.25) is 5.78 Å². The highest BCUT2D eigenvalue weighted by Crippen LogP contribution is 2.47. The Morgan fingerprint density at radius 2 is 1.40 bits per heavy atom. The lowest BCUT2D eigenvalue weighted by Gasteiger charge is -2.26. The number of ketones is 1. The van der Waals surface area contributed by atoms with Crippen LogP contribution in [0.2, 0.25) is 0 Å². The summed E-state index contributed by atoms with van der Waals surface area (Å²) in [7, 11) is 0. The van der Waals surface area contributed by atoms with Crippen molar-refractivity contribution >= 4 is 5.78 Å². The molecule has 0 saturated carbocycles. The fraction of sp³-hybridized carbons (Fsp3) is 0.833. The van der Waals surface area contributed by atoms with Gasteiger partial charge in [-0.1, -0.05) is 0 Å². The average Bonchev–Trinajstić information content (AvgIpc) is 2.02. The smallest absolute Gasteiger partial charge is 0.396 e. The zero-order chi connectivity index (χ0) is 12.5. The zero-order valence-corrected chi connectivity index (χ0v) is 6.92. The van der Waals surface area contributed by atoms with Crippen molar-refractivity contribution in [3.8, 4) is 0 Å². The molecular weight excluding hydrogens is 237 g/mol. The molecule has 0 aromatic rings. The predicted molar refractivity (Wildman–Crippen MR) is 32.7 cm³/mol. The van der Waals surface area contributed by atoms with E-state index >= 15 is 0 Å². The SMILES string of the molecule is O=C(CCO)C(F)(F)C(F)(F)C(F)(F)F. The Hall–Kier alpha value is -0.860. The van der Waals surface area contributed by atoms with Crippen molar-refractivity contribution in [2.75, 3.05) is 6.61 Å². The summed E-state index contributed by atoms with van der Waals surface area (Å²) >= 11 is 0. The second-order valence-electron chi connectivity index (χ2n) is 2.54. The summed E-state index contributed by atoms with van der Waals surface area (Å²) < 4.78 is 83.4. The van der Waals surface area contributed by atoms with E-state index in [1.807, 2.05) is 0 Å². The van der Waals surface area contributed by atoms with Crippen LogP contribution in [-0.4, -0.2) is 35.5 Å². The largest absolute Gasteiger partial charge is 0.460 e. The van der Waals surface area contributed by atoms with Gasteiger partial charge in [0.1, 0.15) is 0 Å². The molecule has 0 aromatic carbocycles. The molecule has 0 aliphatic carbocycles. The molecule has 90 valence electrons. The molecule has 0 spiro atoms. The molecule has 0 saturated heterocycles. The van der Waals surface area contributed by atoms with Gasteiger partial charge in [0.05, 0.1) is 6.61 Å². The lowest BCUT2D eigenvalue weighted by atomic mass is 10.0. The van der Waals surface area contributed by atoms with E-state index < -0.39 is 36.8 Å². The average molecular weight is 242 g/mol. The van der Waals surface area contributed by atoms with E-state index in [1.54, 1.807) is 0 Å². The molecule has 15 heavy (non-hydrogen) atoms. The van der Waals surface area contributed by atoms with Gasteiger partial charge in [-0.05, 0) is 0 Å². The van der Waals surface area contributed by atoms with Crippen LogP contribution in [0.5, 0.6) is 0 Å².